The van der Waals surface area contributed by atoms with E-state index < -0.39 is 0 Å². The van der Waals surface area contributed by atoms with E-state index in [-0.39, 0.29) is 0 Å². The fourth-order valence-corrected chi connectivity index (χ4v) is 2.52. The summed E-state index contributed by atoms with van der Waals surface area (Å²) in [6.07, 6.45) is 0. The molecular formula is C15H16BrNO2. The van der Waals surface area contributed by atoms with Gasteiger partial charge in [0.15, 0.2) is 11.5 Å². The average molecular weight is 322 g/mol. The quantitative estimate of drug-likeness (QED) is 0.935. The van der Waals surface area contributed by atoms with E-state index in [0.29, 0.717) is 18.0 Å². The van der Waals surface area contributed by atoms with Crippen LogP contribution in [0.3, 0.4) is 0 Å². The minimum Gasteiger partial charge on any atom is -0.493 e. The maximum absolute atomic E-state index is 5.84. The topological polar surface area (TPSA) is 44.5 Å². The molecule has 0 unspecified atom stereocenters. The second-order valence-corrected chi connectivity index (χ2v) is 4.90. The Labute approximate surface area is 121 Å². The minimum atomic E-state index is 0.441. The van der Waals surface area contributed by atoms with Crippen LogP contribution in [-0.2, 0) is 6.54 Å². The molecule has 2 rings (SSSR count). The first kappa shape index (κ1) is 13.9. The van der Waals surface area contributed by atoms with Crippen LogP contribution in [0, 0.1) is 0 Å². The van der Waals surface area contributed by atoms with Crippen molar-refractivity contribution in [3.05, 3.63) is 46.4 Å². The van der Waals surface area contributed by atoms with Crippen molar-refractivity contribution in [3.8, 4) is 22.6 Å². The molecule has 19 heavy (non-hydrogen) atoms. The third-order valence-electron chi connectivity index (χ3n) is 2.99. The van der Waals surface area contributed by atoms with Crippen molar-refractivity contribution < 1.29 is 9.47 Å². The summed E-state index contributed by atoms with van der Waals surface area (Å²) in [6.45, 7) is 0.441. The second-order valence-electron chi connectivity index (χ2n) is 4.05. The standard InChI is InChI=1S/C15H16BrNO2/c1-18-14-7-10(9-17)12(8-15(14)19-2)11-5-3-4-6-13(11)16/h3-8H,9,17H2,1-2H3. The number of hydrogen-bond acceptors (Lipinski definition) is 3. The van der Waals surface area contributed by atoms with Gasteiger partial charge in [0, 0.05) is 11.0 Å². The predicted molar refractivity (Wildman–Crippen MR) is 80.6 cm³/mol. The lowest BCUT2D eigenvalue weighted by Crippen LogP contribution is -2.01. The Morgan fingerprint density at radius 1 is 1.00 bits per heavy atom. The molecule has 0 aliphatic rings. The fourth-order valence-electron chi connectivity index (χ4n) is 2.02. The maximum Gasteiger partial charge on any atom is 0.161 e. The van der Waals surface area contributed by atoms with E-state index >= 15 is 0 Å². The van der Waals surface area contributed by atoms with E-state index in [1.54, 1.807) is 14.2 Å². The molecule has 0 amide bonds. The monoisotopic (exact) mass is 321 g/mol. The summed E-state index contributed by atoms with van der Waals surface area (Å²) in [5.41, 5.74) is 9.00. The number of benzene rings is 2. The molecule has 100 valence electrons. The lowest BCUT2D eigenvalue weighted by atomic mass is 9.99. The Morgan fingerprint density at radius 3 is 2.21 bits per heavy atom. The zero-order valence-electron chi connectivity index (χ0n) is 10.9. The first-order chi connectivity index (χ1) is 9.21. The Morgan fingerprint density at radius 2 is 1.63 bits per heavy atom. The average Bonchev–Trinajstić information content (AvgIpc) is 2.46. The highest BCUT2D eigenvalue weighted by atomic mass is 79.9. The van der Waals surface area contributed by atoms with E-state index in [2.05, 4.69) is 15.9 Å². The molecule has 0 spiro atoms. The number of methoxy groups -OCH3 is 2. The van der Waals surface area contributed by atoms with Gasteiger partial charge in [0.1, 0.15) is 0 Å². The molecular weight excluding hydrogens is 306 g/mol. The molecule has 2 aromatic carbocycles. The van der Waals surface area contributed by atoms with Gasteiger partial charge in [-0.25, -0.2) is 0 Å². The highest BCUT2D eigenvalue weighted by molar-refractivity contribution is 9.10. The zero-order valence-corrected chi connectivity index (χ0v) is 12.5. The van der Waals surface area contributed by atoms with E-state index in [4.69, 9.17) is 15.2 Å². The second kappa shape index (κ2) is 6.08. The lowest BCUT2D eigenvalue weighted by molar-refractivity contribution is 0.354. The van der Waals surface area contributed by atoms with Crippen LogP contribution in [0.5, 0.6) is 11.5 Å². The molecule has 4 heteroatoms. The molecule has 0 bridgehead atoms. The molecule has 0 aliphatic heterocycles. The SMILES string of the molecule is COc1cc(CN)c(-c2ccccc2Br)cc1OC. The number of rotatable bonds is 4. The van der Waals surface area contributed by atoms with Crippen LogP contribution >= 0.6 is 15.9 Å². The van der Waals surface area contributed by atoms with Gasteiger partial charge in [0.25, 0.3) is 0 Å². The van der Waals surface area contributed by atoms with Crippen molar-refractivity contribution in [2.45, 2.75) is 6.54 Å². The van der Waals surface area contributed by atoms with Crippen LogP contribution in [-0.4, -0.2) is 14.2 Å². The van der Waals surface area contributed by atoms with Crippen LogP contribution in [0.15, 0.2) is 40.9 Å². The molecule has 0 radical (unpaired) electrons. The Bertz CT molecular complexity index is 584. The summed E-state index contributed by atoms with van der Waals surface area (Å²) in [7, 11) is 3.25. The van der Waals surface area contributed by atoms with E-state index in [1.165, 1.54) is 0 Å². The number of halogens is 1. The smallest absolute Gasteiger partial charge is 0.161 e. The van der Waals surface area contributed by atoms with Gasteiger partial charge >= 0.3 is 0 Å². The highest BCUT2D eigenvalue weighted by Crippen LogP contribution is 2.38. The van der Waals surface area contributed by atoms with Gasteiger partial charge in [0.05, 0.1) is 14.2 Å². The summed E-state index contributed by atoms with van der Waals surface area (Å²) in [6, 6.07) is 11.9. The van der Waals surface area contributed by atoms with Crippen LogP contribution in [0.4, 0.5) is 0 Å². The molecule has 0 saturated carbocycles. The van der Waals surface area contributed by atoms with Gasteiger partial charge in [-0.15, -0.1) is 0 Å². The summed E-state index contributed by atoms with van der Waals surface area (Å²) < 4.78 is 11.7. The molecule has 0 heterocycles. The van der Waals surface area contributed by atoms with E-state index in [9.17, 15) is 0 Å². The molecule has 2 N–H and O–H groups in total. The van der Waals surface area contributed by atoms with Gasteiger partial charge in [-0.3, -0.25) is 0 Å². The molecule has 0 aliphatic carbocycles. The lowest BCUT2D eigenvalue weighted by Gasteiger charge is -2.15. The van der Waals surface area contributed by atoms with Crippen molar-refractivity contribution in [3.63, 3.8) is 0 Å². The van der Waals surface area contributed by atoms with Gasteiger partial charge in [-0.1, -0.05) is 34.1 Å². The van der Waals surface area contributed by atoms with Crippen molar-refractivity contribution in [2.24, 2.45) is 5.73 Å². The first-order valence-corrected chi connectivity index (χ1v) is 6.70. The van der Waals surface area contributed by atoms with Gasteiger partial charge in [0.2, 0.25) is 0 Å². The van der Waals surface area contributed by atoms with Crippen molar-refractivity contribution >= 4 is 15.9 Å². The fraction of sp³-hybridized carbons (Fsp3) is 0.200. The largest absolute Gasteiger partial charge is 0.493 e. The molecule has 0 aromatic heterocycles. The molecule has 0 saturated heterocycles. The molecule has 0 fully saturated rings. The highest BCUT2D eigenvalue weighted by Gasteiger charge is 2.13. The van der Waals surface area contributed by atoms with Crippen LogP contribution in [0.1, 0.15) is 5.56 Å². The van der Waals surface area contributed by atoms with Crippen LogP contribution in [0.2, 0.25) is 0 Å². The first-order valence-electron chi connectivity index (χ1n) is 5.91. The summed E-state index contributed by atoms with van der Waals surface area (Å²) in [5, 5.41) is 0. The van der Waals surface area contributed by atoms with Gasteiger partial charge in [-0.2, -0.15) is 0 Å². The molecule has 0 atom stereocenters. The number of ether oxygens (including phenoxy) is 2. The third-order valence-corrected chi connectivity index (χ3v) is 3.68. The van der Waals surface area contributed by atoms with Crippen molar-refractivity contribution in [2.75, 3.05) is 14.2 Å². The molecule has 2 aromatic rings. The van der Waals surface area contributed by atoms with Crippen molar-refractivity contribution in [1.29, 1.82) is 0 Å². The summed E-state index contributed by atoms with van der Waals surface area (Å²) in [4.78, 5) is 0. The Hall–Kier alpha value is -1.52. The van der Waals surface area contributed by atoms with E-state index in [1.807, 2.05) is 36.4 Å². The van der Waals surface area contributed by atoms with Crippen LogP contribution < -0.4 is 15.2 Å². The van der Waals surface area contributed by atoms with E-state index in [0.717, 1.165) is 21.2 Å². The Balaban J connectivity index is 2.65. The van der Waals surface area contributed by atoms with Crippen molar-refractivity contribution in [1.82, 2.24) is 0 Å². The number of hydrogen-bond donors (Lipinski definition) is 1. The zero-order chi connectivity index (χ0) is 13.8. The minimum absolute atomic E-state index is 0.441. The van der Waals surface area contributed by atoms with Crippen LogP contribution in [0.25, 0.3) is 11.1 Å². The summed E-state index contributed by atoms with van der Waals surface area (Å²) >= 11 is 3.57. The number of nitrogens with two attached hydrogens (primary N) is 1. The van der Waals surface area contributed by atoms with Gasteiger partial charge < -0.3 is 15.2 Å². The molecule has 3 nitrogen and oxygen atoms in total. The normalized spacial score (nSPS) is 10.3. The third kappa shape index (κ3) is 2.74. The van der Waals surface area contributed by atoms with Gasteiger partial charge in [-0.05, 0) is 34.9 Å². The summed E-state index contributed by atoms with van der Waals surface area (Å²) in [5.74, 6) is 1.39. The Kier molecular flexibility index (Phi) is 4.45. The predicted octanol–water partition coefficient (Wildman–Crippen LogP) is 3.59. The maximum atomic E-state index is 5.84.